The van der Waals surface area contributed by atoms with Crippen LogP contribution in [0, 0.1) is 0 Å². The zero-order valence-corrected chi connectivity index (χ0v) is 19.8. The second kappa shape index (κ2) is 13.3. The van der Waals surface area contributed by atoms with Crippen molar-refractivity contribution >= 4 is 10.1 Å². The van der Waals surface area contributed by atoms with Crippen LogP contribution in [0.1, 0.15) is 109 Å². The van der Waals surface area contributed by atoms with E-state index >= 15 is 0 Å². The molecule has 0 aliphatic rings. The van der Waals surface area contributed by atoms with E-state index in [1.807, 2.05) is 12.1 Å². The third-order valence-corrected chi connectivity index (χ3v) is 7.15. The first-order chi connectivity index (χ1) is 13.8. The number of unbranched alkanes of at least 4 members (excludes halogenated alkanes) is 8. The van der Waals surface area contributed by atoms with Gasteiger partial charge in [0.1, 0.15) is 5.75 Å². The number of benzene rings is 1. The lowest BCUT2D eigenvalue weighted by atomic mass is 9.99. The molecule has 0 saturated carbocycles. The lowest BCUT2D eigenvalue weighted by Gasteiger charge is -2.26. The Balaban J connectivity index is 2.91. The molecule has 1 unspecified atom stereocenters. The maximum absolute atomic E-state index is 11.8. The van der Waals surface area contributed by atoms with Gasteiger partial charge in [-0.25, -0.2) is 0 Å². The van der Waals surface area contributed by atoms with E-state index in [1.165, 1.54) is 69.4 Å². The first kappa shape index (κ1) is 26.0. The van der Waals surface area contributed by atoms with Gasteiger partial charge in [0.05, 0.1) is 0 Å². The fourth-order valence-electron chi connectivity index (χ4n) is 3.50. The first-order valence-corrected chi connectivity index (χ1v) is 13.0. The summed E-state index contributed by atoms with van der Waals surface area (Å²) in [7, 11) is -4.32. The SMILES string of the molecule is CCCCCCCc1cc(CCCCCCC)cc(OC(C)(CC)S(=O)(=O)O)c1. The smallest absolute Gasteiger partial charge is 0.306 e. The summed E-state index contributed by atoms with van der Waals surface area (Å²) in [6, 6.07) is 6.13. The Morgan fingerprint density at radius 1 is 0.793 bits per heavy atom. The molecule has 29 heavy (non-hydrogen) atoms. The van der Waals surface area contributed by atoms with Crippen LogP contribution in [0.25, 0.3) is 0 Å². The summed E-state index contributed by atoms with van der Waals surface area (Å²) in [6.07, 6.45) is 14.3. The topological polar surface area (TPSA) is 63.6 Å². The van der Waals surface area contributed by atoms with Crippen LogP contribution in [0.5, 0.6) is 5.75 Å². The molecule has 0 aliphatic carbocycles. The molecule has 1 aromatic rings. The predicted molar refractivity (Wildman–Crippen MR) is 122 cm³/mol. The maximum Gasteiger partial charge on any atom is 0.306 e. The Hall–Kier alpha value is -1.07. The summed E-state index contributed by atoms with van der Waals surface area (Å²) in [5.74, 6) is 0.543. The van der Waals surface area contributed by atoms with Crippen LogP contribution in [0.15, 0.2) is 18.2 Å². The Bertz CT molecular complexity index is 652. The summed E-state index contributed by atoms with van der Waals surface area (Å²) in [6.45, 7) is 7.57. The Labute approximate surface area is 179 Å². The summed E-state index contributed by atoms with van der Waals surface area (Å²) in [5, 5.41) is 0. The molecule has 0 aromatic heterocycles. The van der Waals surface area contributed by atoms with Crippen molar-refractivity contribution in [2.75, 3.05) is 0 Å². The van der Waals surface area contributed by atoms with Gasteiger partial charge in [-0.15, -0.1) is 0 Å². The van der Waals surface area contributed by atoms with Crippen molar-refractivity contribution in [3.05, 3.63) is 29.3 Å². The Morgan fingerprint density at radius 3 is 1.62 bits per heavy atom. The van der Waals surface area contributed by atoms with Crippen molar-refractivity contribution in [1.82, 2.24) is 0 Å². The van der Waals surface area contributed by atoms with E-state index in [2.05, 4.69) is 19.9 Å². The lowest BCUT2D eigenvalue weighted by Crippen LogP contribution is -2.40. The van der Waals surface area contributed by atoms with Crippen molar-refractivity contribution in [3.8, 4) is 5.75 Å². The number of ether oxygens (including phenoxy) is 1. The highest BCUT2D eigenvalue weighted by Crippen LogP contribution is 2.29. The van der Waals surface area contributed by atoms with E-state index in [9.17, 15) is 13.0 Å². The molecule has 0 heterocycles. The van der Waals surface area contributed by atoms with Gasteiger partial charge in [0.15, 0.2) is 0 Å². The molecule has 0 aliphatic heterocycles. The highest BCUT2D eigenvalue weighted by molar-refractivity contribution is 7.87. The maximum atomic E-state index is 11.8. The minimum absolute atomic E-state index is 0.180. The second-order valence-electron chi connectivity index (χ2n) is 8.38. The van der Waals surface area contributed by atoms with E-state index in [1.54, 1.807) is 6.92 Å². The molecule has 1 aromatic carbocycles. The number of hydrogen-bond donors (Lipinski definition) is 1. The molecule has 0 bridgehead atoms. The van der Waals surface area contributed by atoms with Crippen molar-refractivity contribution in [3.63, 3.8) is 0 Å². The lowest BCUT2D eigenvalue weighted by molar-refractivity contribution is 0.154. The van der Waals surface area contributed by atoms with Crippen molar-refractivity contribution in [2.45, 2.75) is 116 Å². The van der Waals surface area contributed by atoms with Gasteiger partial charge < -0.3 is 4.74 Å². The average Bonchev–Trinajstić information content (AvgIpc) is 2.66. The summed E-state index contributed by atoms with van der Waals surface area (Å²) < 4.78 is 39.1. The molecular weight excluding hydrogens is 384 g/mol. The fraction of sp³-hybridized carbons (Fsp3) is 0.750. The third-order valence-electron chi connectivity index (χ3n) is 5.69. The normalized spacial score (nSPS) is 14.0. The zero-order valence-electron chi connectivity index (χ0n) is 19.0. The van der Waals surface area contributed by atoms with Crippen LogP contribution in [0.2, 0.25) is 0 Å². The standard InChI is InChI=1S/C24H42O4S/c1-5-8-10-12-14-16-21-18-22(17-15-13-11-9-6-2)20-23(19-21)28-24(4,7-3)29(25,26)27/h18-20H,5-17H2,1-4H3,(H,25,26,27). The van der Waals surface area contributed by atoms with Gasteiger partial charge in [-0.1, -0.05) is 78.2 Å². The Morgan fingerprint density at radius 2 is 1.24 bits per heavy atom. The Kier molecular flexibility index (Phi) is 11.9. The van der Waals surface area contributed by atoms with E-state index in [0.717, 1.165) is 25.7 Å². The molecule has 1 atom stereocenters. The fourth-order valence-corrected chi connectivity index (χ4v) is 4.06. The third kappa shape index (κ3) is 9.52. The molecule has 168 valence electrons. The molecule has 4 nitrogen and oxygen atoms in total. The average molecular weight is 427 g/mol. The molecule has 0 saturated heterocycles. The largest absolute Gasteiger partial charge is 0.469 e. The highest BCUT2D eigenvalue weighted by Gasteiger charge is 2.38. The minimum atomic E-state index is -4.32. The van der Waals surface area contributed by atoms with Gasteiger partial charge in [-0.3, -0.25) is 4.55 Å². The van der Waals surface area contributed by atoms with E-state index in [0.29, 0.717) is 5.75 Å². The second-order valence-corrected chi connectivity index (χ2v) is 10.2. The number of hydrogen-bond acceptors (Lipinski definition) is 3. The molecule has 1 N–H and O–H groups in total. The first-order valence-electron chi connectivity index (χ1n) is 11.5. The van der Waals surface area contributed by atoms with Gasteiger partial charge >= 0.3 is 10.1 Å². The summed E-state index contributed by atoms with van der Waals surface area (Å²) in [4.78, 5) is -1.62. The van der Waals surface area contributed by atoms with Crippen LogP contribution >= 0.6 is 0 Å². The predicted octanol–water partition coefficient (Wildman–Crippen LogP) is 7.11. The van der Waals surface area contributed by atoms with Crippen LogP contribution in [0.4, 0.5) is 0 Å². The van der Waals surface area contributed by atoms with Crippen LogP contribution in [0.3, 0.4) is 0 Å². The summed E-state index contributed by atoms with van der Waals surface area (Å²) >= 11 is 0. The monoisotopic (exact) mass is 426 g/mol. The number of rotatable bonds is 16. The van der Waals surface area contributed by atoms with Gasteiger partial charge in [-0.2, -0.15) is 8.42 Å². The van der Waals surface area contributed by atoms with Gasteiger partial charge in [0.2, 0.25) is 4.93 Å². The molecule has 1 rings (SSSR count). The van der Waals surface area contributed by atoms with E-state index in [-0.39, 0.29) is 6.42 Å². The molecule has 0 fully saturated rings. The summed E-state index contributed by atoms with van der Waals surface area (Å²) in [5.41, 5.74) is 2.38. The van der Waals surface area contributed by atoms with Crippen molar-refractivity contribution < 1.29 is 17.7 Å². The minimum Gasteiger partial charge on any atom is -0.469 e. The molecular formula is C24H42O4S. The van der Waals surface area contributed by atoms with Crippen molar-refractivity contribution in [2.24, 2.45) is 0 Å². The molecule has 0 radical (unpaired) electrons. The van der Waals surface area contributed by atoms with E-state index in [4.69, 9.17) is 4.74 Å². The van der Waals surface area contributed by atoms with Crippen LogP contribution in [-0.4, -0.2) is 17.9 Å². The van der Waals surface area contributed by atoms with Crippen LogP contribution in [-0.2, 0) is 23.0 Å². The zero-order chi connectivity index (χ0) is 21.8. The molecule has 5 heteroatoms. The molecule has 0 amide bonds. The van der Waals surface area contributed by atoms with Crippen LogP contribution < -0.4 is 4.74 Å². The van der Waals surface area contributed by atoms with Crippen molar-refractivity contribution in [1.29, 1.82) is 0 Å². The van der Waals surface area contributed by atoms with Gasteiger partial charge in [-0.05, 0) is 55.9 Å². The number of aryl methyl sites for hydroxylation is 2. The van der Waals surface area contributed by atoms with Gasteiger partial charge in [0, 0.05) is 6.42 Å². The molecule has 0 spiro atoms. The van der Waals surface area contributed by atoms with Gasteiger partial charge in [0.25, 0.3) is 0 Å². The quantitative estimate of drug-likeness (QED) is 0.226. The highest BCUT2D eigenvalue weighted by atomic mass is 32.2. The van der Waals surface area contributed by atoms with E-state index < -0.39 is 15.1 Å².